The van der Waals surface area contributed by atoms with Crippen molar-refractivity contribution < 1.29 is 18.3 Å². The average molecular weight is 249 g/mol. The summed E-state index contributed by atoms with van der Waals surface area (Å²) in [5, 5.41) is 8.38. The van der Waals surface area contributed by atoms with Crippen LogP contribution in [0.5, 0.6) is 0 Å². The quantitative estimate of drug-likeness (QED) is 0.777. The predicted octanol–water partition coefficient (Wildman–Crippen LogP) is 0.958. The summed E-state index contributed by atoms with van der Waals surface area (Å²) in [4.78, 5) is 10.7. The van der Waals surface area contributed by atoms with Crippen LogP contribution in [0.2, 0.25) is 0 Å². The van der Waals surface area contributed by atoms with Crippen molar-refractivity contribution in [2.75, 3.05) is 0 Å². The highest BCUT2D eigenvalue weighted by Crippen LogP contribution is 2.28. The maximum absolute atomic E-state index is 11.8. The number of hydrogen-bond donors (Lipinski definition) is 2. The lowest BCUT2D eigenvalue weighted by Crippen LogP contribution is -2.40. The van der Waals surface area contributed by atoms with Crippen molar-refractivity contribution in [3.8, 4) is 0 Å². The van der Waals surface area contributed by atoms with Gasteiger partial charge in [-0.3, -0.25) is 4.79 Å². The summed E-state index contributed by atoms with van der Waals surface area (Å²) < 4.78 is 26.2. The fourth-order valence-corrected chi connectivity index (χ4v) is 3.79. The number of nitrogens with one attached hydrogen (secondary N) is 1. The summed E-state index contributed by atoms with van der Waals surface area (Å²) in [6.07, 6.45) is 1.80. The van der Waals surface area contributed by atoms with E-state index >= 15 is 0 Å². The molecule has 0 aromatic rings. The second-order valence-electron chi connectivity index (χ2n) is 4.63. The molecule has 0 amide bonds. The van der Waals surface area contributed by atoms with E-state index in [2.05, 4.69) is 4.72 Å². The van der Waals surface area contributed by atoms with Gasteiger partial charge in [0.15, 0.2) is 0 Å². The molecule has 0 aromatic heterocycles. The van der Waals surface area contributed by atoms with Crippen LogP contribution in [0, 0.1) is 5.92 Å². The molecule has 0 atom stereocenters. The van der Waals surface area contributed by atoms with Crippen molar-refractivity contribution in [1.82, 2.24) is 4.72 Å². The number of rotatable bonds is 4. The number of carboxylic acids is 1. The highest BCUT2D eigenvalue weighted by atomic mass is 32.2. The van der Waals surface area contributed by atoms with E-state index in [1.54, 1.807) is 13.8 Å². The Bertz CT molecular complexity index is 342. The zero-order valence-corrected chi connectivity index (χ0v) is 10.5. The number of carboxylic acid groups (broad SMARTS) is 1. The lowest BCUT2D eigenvalue weighted by Gasteiger charge is -2.26. The Morgan fingerprint density at radius 3 is 2.12 bits per heavy atom. The first-order valence-electron chi connectivity index (χ1n) is 5.57. The molecule has 0 spiro atoms. The molecule has 1 aliphatic rings. The van der Waals surface area contributed by atoms with Gasteiger partial charge in [-0.25, -0.2) is 13.1 Å². The summed E-state index contributed by atoms with van der Waals surface area (Å²) >= 11 is 0. The van der Waals surface area contributed by atoms with Gasteiger partial charge in [0.1, 0.15) is 0 Å². The zero-order valence-electron chi connectivity index (χ0n) is 9.64. The van der Waals surface area contributed by atoms with Crippen molar-refractivity contribution in [2.45, 2.75) is 50.8 Å². The molecule has 1 saturated carbocycles. The van der Waals surface area contributed by atoms with E-state index in [9.17, 15) is 13.2 Å². The number of sulfonamides is 1. The summed E-state index contributed by atoms with van der Waals surface area (Å²) in [5.41, 5.74) is 0. The standard InChI is InChI=1S/C10H19NO4S/c1-7(2)11-16(14,15)9-5-3-8(4-6-9)10(12)13/h7-9,11H,3-6H2,1-2H3,(H,12,13). The van der Waals surface area contributed by atoms with Crippen molar-refractivity contribution in [3.05, 3.63) is 0 Å². The van der Waals surface area contributed by atoms with Crippen LogP contribution in [0.15, 0.2) is 0 Å². The Morgan fingerprint density at radius 1 is 1.25 bits per heavy atom. The highest BCUT2D eigenvalue weighted by Gasteiger charge is 2.33. The normalized spacial score (nSPS) is 26.9. The van der Waals surface area contributed by atoms with Gasteiger partial charge >= 0.3 is 5.97 Å². The van der Waals surface area contributed by atoms with Crippen LogP contribution in [-0.2, 0) is 14.8 Å². The van der Waals surface area contributed by atoms with Crippen molar-refractivity contribution in [2.24, 2.45) is 5.92 Å². The summed E-state index contributed by atoms with van der Waals surface area (Å²) in [6, 6.07) is -0.109. The summed E-state index contributed by atoms with van der Waals surface area (Å²) in [5.74, 6) is -1.18. The number of aliphatic carboxylic acids is 1. The Labute approximate surface area is 96.3 Å². The zero-order chi connectivity index (χ0) is 12.3. The predicted molar refractivity (Wildman–Crippen MR) is 60.6 cm³/mol. The van der Waals surface area contributed by atoms with E-state index in [1.807, 2.05) is 0 Å². The Morgan fingerprint density at radius 2 is 1.75 bits per heavy atom. The molecular formula is C10H19NO4S. The van der Waals surface area contributed by atoms with Crippen LogP contribution < -0.4 is 4.72 Å². The van der Waals surface area contributed by atoms with E-state index < -0.39 is 21.2 Å². The van der Waals surface area contributed by atoms with Gasteiger partial charge < -0.3 is 5.11 Å². The lowest BCUT2D eigenvalue weighted by atomic mass is 9.89. The van der Waals surface area contributed by atoms with E-state index in [0.717, 1.165) is 0 Å². The van der Waals surface area contributed by atoms with E-state index in [4.69, 9.17) is 5.11 Å². The fraction of sp³-hybridized carbons (Fsp3) is 0.900. The Kier molecular flexibility index (Phi) is 4.32. The molecule has 0 aromatic carbocycles. The van der Waals surface area contributed by atoms with Gasteiger partial charge in [0.25, 0.3) is 0 Å². The van der Waals surface area contributed by atoms with Crippen molar-refractivity contribution in [3.63, 3.8) is 0 Å². The molecule has 2 N–H and O–H groups in total. The number of hydrogen-bond acceptors (Lipinski definition) is 3. The fourth-order valence-electron chi connectivity index (χ4n) is 2.04. The minimum absolute atomic E-state index is 0.109. The Hall–Kier alpha value is -0.620. The molecule has 94 valence electrons. The van der Waals surface area contributed by atoms with E-state index in [1.165, 1.54) is 0 Å². The van der Waals surface area contributed by atoms with E-state index in [-0.39, 0.29) is 12.0 Å². The van der Waals surface area contributed by atoms with Crippen molar-refractivity contribution in [1.29, 1.82) is 0 Å². The van der Waals surface area contributed by atoms with E-state index in [0.29, 0.717) is 25.7 Å². The highest BCUT2D eigenvalue weighted by molar-refractivity contribution is 7.90. The van der Waals surface area contributed by atoms with Crippen LogP contribution in [-0.4, -0.2) is 30.8 Å². The molecule has 0 unspecified atom stereocenters. The van der Waals surface area contributed by atoms with Gasteiger partial charge in [0, 0.05) is 6.04 Å². The lowest BCUT2D eigenvalue weighted by molar-refractivity contribution is -0.142. The minimum Gasteiger partial charge on any atom is -0.481 e. The minimum atomic E-state index is -3.27. The molecule has 0 radical (unpaired) electrons. The molecule has 1 fully saturated rings. The largest absolute Gasteiger partial charge is 0.481 e. The first-order valence-corrected chi connectivity index (χ1v) is 7.11. The first kappa shape index (κ1) is 13.4. The molecule has 5 nitrogen and oxygen atoms in total. The smallest absolute Gasteiger partial charge is 0.306 e. The van der Waals surface area contributed by atoms with Crippen LogP contribution in [0.3, 0.4) is 0 Å². The molecular weight excluding hydrogens is 230 g/mol. The molecule has 16 heavy (non-hydrogen) atoms. The van der Waals surface area contributed by atoms with Gasteiger partial charge in [-0.1, -0.05) is 0 Å². The third-order valence-electron chi connectivity index (χ3n) is 2.86. The van der Waals surface area contributed by atoms with Crippen molar-refractivity contribution >= 4 is 16.0 Å². The van der Waals surface area contributed by atoms with Gasteiger partial charge in [0.2, 0.25) is 10.0 Å². The molecule has 6 heteroatoms. The molecule has 1 rings (SSSR count). The second-order valence-corrected chi connectivity index (χ2v) is 6.62. The first-order chi connectivity index (χ1) is 7.33. The van der Waals surface area contributed by atoms with Crippen LogP contribution in [0.1, 0.15) is 39.5 Å². The SMILES string of the molecule is CC(C)NS(=O)(=O)C1CCC(C(=O)O)CC1. The van der Waals surface area contributed by atoms with Gasteiger partial charge in [0.05, 0.1) is 11.2 Å². The molecule has 1 aliphatic carbocycles. The maximum atomic E-state index is 11.8. The Balaban J connectivity index is 2.56. The average Bonchev–Trinajstić information content (AvgIpc) is 2.16. The summed E-state index contributed by atoms with van der Waals surface area (Å²) in [7, 11) is -3.27. The third-order valence-corrected chi connectivity index (χ3v) is 5.01. The maximum Gasteiger partial charge on any atom is 0.306 e. The van der Waals surface area contributed by atoms with Gasteiger partial charge in [-0.05, 0) is 39.5 Å². The molecule has 0 aliphatic heterocycles. The van der Waals surface area contributed by atoms with Gasteiger partial charge in [-0.2, -0.15) is 0 Å². The third kappa shape index (κ3) is 3.45. The second kappa shape index (κ2) is 5.14. The van der Waals surface area contributed by atoms with Gasteiger partial charge in [-0.15, -0.1) is 0 Å². The number of carbonyl (C=O) groups is 1. The summed E-state index contributed by atoms with van der Waals surface area (Å²) in [6.45, 7) is 3.56. The molecule has 0 heterocycles. The van der Waals surface area contributed by atoms with Crippen LogP contribution >= 0.6 is 0 Å². The van der Waals surface area contributed by atoms with Crippen LogP contribution in [0.4, 0.5) is 0 Å². The van der Waals surface area contributed by atoms with Crippen LogP contribution in [0.25, 0.3) is 0 Å². The monoisotopic (exact) mass is 249 g/mol. The topological polar surface area (TPSA) is 83.5 Å². The molecule has 0 saturated heterocycles. The molecule has 0 bridgehead atoms.